The lowest BCUT2D eigenvalue weighted by atomic mass is 9.53. The van der Waals surface area contributed by atoms with Gasteiger partial charge in [-0.25, -0.2) is 0 Å². The van der Waals surface area contributed by atoms with Crippen molar-refractivity contribution in [3.8, 4) is 0 Å². The fourth-order valence-electron chi connectivity index (χ4n) is 5.89. The molecular weight excluding hydrogens is 216 g/mol. The van der Waals surface area contributed by atoms with E-state index in [4.69, 9.17) is 0 Å². The van der Waals surface area contributed by atoms with Gasteiger partial charge in [0.05, 0.1) is 0 Å². The number of rotatable bonds is 0. The lowest BCUT2D eigenvalue weighted by Gasteiger charge is -2.52. The first kappa shape index (κ1) is 11.3. The van der Waals surface area contributed by atoms with E-state index in [2.05, 4.69) is 25.2 Å². The van der Waals surface area contributed by atoms with Gasteiger partial charge in [0, 0.05) is 5.92 Å². The Bertz CT molecular complexity index is 402. The number of hydrogen-bond acceptors (Lipinski definition) is 0. The minimum Gasteiger partial charge on any atom is -0.0841 e. The van der Waals surface area contributed by atoms with Crippen molar-refractivity contribution in [2.24, 2.45) is 29.1 Å². The van der Waals surface area contributed by atoms with Gasteiger partial charge in [-0.1, -0.05) is 37.1 Å². The minimum absolute atomic E-state index is 0.723. The van der Waals surface area contributed by atoms with Crippen LogP contribution in [0.25, 0.3) is 0 Å². The molecule has 0 aromatic carbocycles. The van der Waals surface area contributed by atoms with Gasteiger partial charge in [-0.3, -0.25) is 0 Å². The summed E-state index contributed by atoms with van der Waals surface area (Å²) in [5.74, 6) is 3.95. The third-order valence-electron chi connectivity index (χ3n) is 6.79. The number of fused-ring (bicyclic) bond motifs is 5. The van der Waals surface area contributed by atoms with E-state index in [-0.39, 0.29) is 0 Å². The maximum absolute atomic E-state index is 2.60. The Balaban J connectivity index is 1.65. The van der Waals surface area contributed by atoms with E-state index in [0.717, 1.165) is 29.1 Å². The summed E-state index contributed by atoms with van der Waals surface area (Å²) >= 11 is 0. The fourth-order valence-corrected chi connectivity index (χ4v) is 5.89. The normalized spacial score (nSPS) is 50.2. The maximum atomic E-state index is 2.60. The molecule has 3 saturated carbocycles. The van der Waals surface area contributed by atoms with E-state index in [1.807, 2.05) is 0 Å². The molecule has 0 amide bonds. The van der Waals surface area contributed by atoms with Crippen LogP contribution in [-0.4, -0.2) is 0 Å². The average molecular weight is 242 g/mol. The molecule has 0 N–H and O–H groups in total. The predicted molar refractivity (Wildman–Crippen MR) is 76.2 cm³/mol. The number of allylic oxidation sites excluding steroid dienone is 4. The molecule has 5 atom stereocenters. The zero-order valence-electron chi connectivity index (χ0n) is 11.7. The van der Waals surface area contributed by atoms with Gasteiger partial charge >= 0.3 is 0 Å². The van der Waals surface area contributed by atoms with Gasteiger partial charge in [0.15, 0.2) is 0 Å². The molecule has 4 rings (SSSR count). The molecule has 0 radical (unpaired) electrons. The highest BCUT2D eigenvalue weighted by Gasteiger charge is 2.51. The molecule has 0 heterocycles. The van der Waals surface area contributed by atoms with Crippen LogP contribution in [0, 0.1) is 29.1 Å². The van der Waals surface area contributed by atoms with Crippen molar-refractivity contribution in [3.05, 3.63) is 23.8 Å². The van der Waals surface area contributed by atoms with Gasteiger partial charge in [-0.2, -0.15) is 0 Å². The van der Waals surface area contributed by atoms with Crippen molar-refractivity contribution >= 4 is 0 Å². The van der Waals surface area contributed by atoms with Crippen LogP contribution in [-0.2, 0) is 0 Å². The zero-order chi connectivity index (χ0) is 12.2. The van der Waals surface area contributed by atoms with Crippen LogP contribution < -0.4 is 0 Å². The molecule has 0 nitrogen and oxygen atoms in total. The Morgan fingerprint density at radius 3 is 3.00 bits per heavy atom. The van der Waals surface area contributed by atoms with Crippen molar-refractivity contribution in [2.45, 2.75) is 58.3 Å². The molecule has 0 aliphatic heterocycles. The van der Waals surface area contributed by atoms with Crippen molar-refractivity contribution in [2.75, 3.05) is 0 Å². The Morgan fingerprint density at radius 1 is 1.11 bits per heavy atom. The van der Waals surface area contributed by atoms with Crippen molar-refractivity contribution in [1.29, 1.82) is 0 Å². The highest BCUT2D eigenvalue weighted by Crippen LogP contribution is 2.61. The van der Waals surface area contributed by atoms with Crippen LogP contribution >= 0.6 is 0 Å². The van der Waals surface area contributed by atoms with Crippen LogP contribution in [0.4, 0.5) is 0 Å². The first-order valence-electron chi connectivity index (χ1n) is 8.13. The molecule has 0 saturated heterocycles. The standard InChI is InChI=1S/C18H26/c1-18-11-4-7-17(18)16-9-8-13-5-2-3-6-14(13)15(16)10-12-18/h3,5-6,14-17H,2,4,7-12H2,1H3/t14-,15+,16+,17-,18-/m0/s1. The molecule has 4 aliphatic carbocycles. The molecular formula is C18H26. The fraction of sp³-hybridized carbons (Fsp3) is 0.778. The lowest BCUT2D eigenvalue weighted by Crippen LogP contribution is -2.43. The Kier molecular flexibility index (Phi) is 2.51. The second-order valence-electron chi connectivity index (χ2n) is 7.53. The molecule has 18 heavy (non-hydrogen) atoms. The third-order valence-corrected chi connectivity index (χ3v) is 6.79. The van der Waals surface area contributed by atoms with Gasteiger partial charge in [-0.15, -0.1) is 0 Å². The van der Waals surface area contributed by atoms with E-state index in [9.17, 15) is 0 Å². The highest BCUT2D eigenvalue weighted by atomic mass is 14.6. The molecule has 0 spiro atoms. The van der Waals surface area contributed by atoms with Crippen LogP contribution in [0.1, 0.15) is 58.3 Å². The van der Waals surface area contributed by atoms with Gasteiger partial charge in [-0.05, 0) is 68.1 Å². The van der Waals surface area contributed by atoms with Gasteiger partial charge in [0.2, 0.25) is 0 Å². The smallest absolute Gasteiger partial charge is 0.000798 e. The third kappa shape index (κ3) is 1.50. The molecule has 0 heteroatoms. The first-order chi connectivity index (χ1) is 8.78. The predicted octanol–water partition coefficient (Wildman–Crippen LogP) is 5.12. The highest BCUT2D eigenvalue weighted by molar-refractivity contribution is 5.25. The lowest BCUT2D eigenvalue weighted by molar-refractivity contribution is 0.0110. The molecule has 0 aromatic rings. The minimum atomic E-state index is 0.723. The van der Waals surface area contributed by atoms with Gasteiger partial charge in [0.1, 0.15) is 0 Å². The van der Waals surface area contributed by atoms with Crippen molar-refractivity contribution < 1.29 is 0 Å². The van der Waals surface area contributed by atoms with E-state index >= 15 is 0 Å². The second-order valence-corrected chi connectivity index (χ2v) is 7.53. The summed E-state index contributed by atoms with van der Waals surface area (Å²) in [5.41, 5.74) is 2.51. The molecule has 0 bridgehead atoms. The summed E-state index contributed by atoms with van der Waals surface area (Å²) in [6, 6.07) is 0. The van der Waals surface area contributed by atoms with E-state index < -0.39 is 0 Å². The Labute approximate surface area is 112 Å². The largest absolute Gasteiger partial charge is 0.0841 e. The van der Waals surface area contributed by atoms with E-state index in [0.29, 0.717) is 0 Å². The molecule has 0 unspecified atom stereocenters. The SMILES string of the molecule is C[C@@]12CCC[C@H]1[C@@H]1CCC3=CCC=C[C@@H]3[C@H]1CC2. The van der Waals surface area contributed by atoms with E-state index in [1.165, 1.54) is 51.4 Å². The summed E-state index contributed by atoms with van der Waals surface area (Å²) < 4.78 is 0. The summed E-state index contributed by atoms with van der Waals surface area (Å²) in [4.78, 5) is 0. The quantitative estimate of drug-likeness (QED) is 0.517. The Morgan fingerprint density at radius 2 is 2.06 bits per heavy atom. The topological polar surface area (TPSA) is 0 Å². The van der Waals surface area contributed by atoms with Crippen LogP contribution in [0.3, 0.4) is 0 Å². The van der Waals surface area contributed by atoms with Gasteiger partial charge in [0.25, 0.3) is 0 Å². The summed E-state index contributed by atoms with van der Waals surface area (Å²) in [7, 11) is 0. The average Bonchev–Trinajstić information content (AvgIpc) is 2.80. The summed E-state index contributed by atoms with van der Waals surface area (Å²) in [6.45, 7) is 2.60. The van der Waals surface area contributed by atoms with Crippen LogP contribution in [0.2, 0.25) is 0 Å². The molecule has 3 fully saturated rings. The van der Waals surface area contributed by atoms with Gasteiger partial charge < -0.3 is 0 Å². The summed E-state index contributed by atoms with van der Waals surface area (Å²) in [5, 5.41) is 0. The zero-order valence-corrected chi connectivity index (χ0v) is 11.7. The number of hydrogen-bond donors (Lipinski definition) is 0. The van der Waals surface area contributed by atoms with E-state index in [1.54, 1.807) is 5.57 Å². The monoisotopic (exact) mass is 242 g/mol. The van der Waals surface area contributed by atoms with Crippen LogP contribution in [0.15, 0.2) is 23.8 Å². The second kappa shape index (κ2) is 3.99. The molecule has 0 aromatic heterocycles. The van der Waals surface area contributed by atoms with Crippen molar-refractivity contribution in [1.82, 2.24) is 0 Å². The summed E-state index contributed by atoms with van der Waals surface area (Å²) in [6.07, 6.45) is 19.2. The Hall–Kier alpha value is -0.520. The molecule has 98 valence electrons. The molecule has 4 aliphatic rings. The first-order valence-corrected chi connectivity index (χ1v) is 8.13. The maximum Gasteiger partial charge on any atom is 0.000798 e. The van der Waals surface area contributed by atoms with Crippen molar-refractivity contribution in [3.63, 3.8) is 0 Å². The van der Waals surface area contributed by atoms with Crippen LogP contribution in [0.5, 0.6) is 0 Å².